The maximum atomic E-state index is 12.5. The quantitative estimate of drug-likeness (QED) is 0.496. The van der Waals surface area contributed by atoms with Gasteiger partial charge >= 0.3 is 0 Å². The number of hydrazine groups is 1. The highest BCUT2D eigenvalue weighted by Crippen LogP contribution is 2.13. The van der Waals surface area contributed by atoms with Crippen LogP contribution in [0.25, 0.3) is 10.9 Å². The van der Waals surface area contributed by atoms with E-state index in [0.717, 1.165) is 11.6 Å². The molecular formula is C19H17N5O5. The van der Waals surface area contributed by atoms with Gasteiger partial charge in [-0.25, -0.2) is 4.98 Å². The summed E-state index contributed by atoms with van der Waals surface area (Å²) in [6, 6.07) is 10.4. The van der Waals surface area contributed by atoms with Gasteiger partial charge in [-0.15, -0.1) is 0 Å². The molecule has 2 N–H and O–H groups in total. The van der Waals surface area contributed by atoms with Gasteiger partial charge < -0.3 is 0 Å². The Bertz CT molecular complexity index is 1170. The first-order valence-electron chi connectivity index (χ1n) is 8.65. The van der Waals surface area contributed by atoms with Crippen LogP contribution in [0.3, 0.4) is 0 Å². The van der Waals surface area contributed by atoms with Gasteiger partial charge in [0.1, 0.15) is 0 Å². The number of nitro groups is 1. The molecule has 0 saturated heterocycles. The molecule has 0 spiro atoms. The van der Waals surface area contributed by atoms with Gasteiger partial charge in [0.25, 0.3) is 17.2 Å². The van der Waals surface area contributed by atoms with Crippen LogP contribution in [-0.2, 0) is 11.3 Å². The van der Waals surface area contributed by atoms with Gasteiger partial charge in [-0.05, 0) is 24.6 Å². The van der Waals surface area contributed by atoms with Crippen LogP contribution in [0.4, 0.5) is 5.69 Å². The SMILES string of the molecule is Cc1cccc2c(=O)n(CCC(=O)NNC(=O)c3cccc([N+](=O)[O-])c3)cnc12. The molecule has 1 aromatic heterocycles. The maximum Gasteiger partial charge on any atom is 0.270 e. The van der Waals surface area contributed by atoms with Crippen molar-refractivity contribution >= 4 is 28.4 Å². The minimum Gasteiger partial charge on any atom is -0.298 e. The summed E-state index contributed by atoms with van der Waals surface area (Å²) in [7, 11) is 0. The van der Waals surface area contributed by atoms with Gasteiger partial charge in [-0.1, -0.05) is 18.2 Å². The van der Waals surface area contributed by atoms with Crippen LogP contribution in [0.15, 0.2) is 53.6 Å². The van der Waals surface area contributed by atoms with Crippen LogP contribution in [-0.4, -0.2) is 26.3 Å². The summed E-state index contributed by atoms with van der Waals surface area (Å²) in [5.41, 5.74) is 5.45. The van der Waals surface area contributed by atoms with Gasteiger partial charge in [0.2, 0.25) is 5.91 Å². The molecule has 2 aromatic carbocycles. The number of nitrogens with one attached hydrogen (secondary N) is 2. The average Bonchev–Trinajstić information content (AvgIpc) is 2.72. The van der Waals surface area contributed by atoms with Crippen molar-refractivity contribution in [1.82, 2.24) is 20.4 Å². The molecule has 3 aromatic rings. The highest BCUT2D eigenvalue weighted by Gasteiger charge is 2.13. The fourth-order valence-electron chi connectivity index (χ4n) is 2.74. The third-order valence-electron chi connectivity index (χ3n) is 4.27. The van der Waals surface area contributed by atoms with E-state index in [1.54, 1.807) is 12.1 Å². The lowest BCUT2D eigenvalue weighted by molar-refractivity contribution is -0.384. The van der Waals surface area contributed by atoms with E-state index in [9.17, 15) is 24.5 Å². The number of hydrogen-bond donors (Lipinski definition) is 2. The molecule has 1 heterocycles. The minimum atomic E-state index is -0.693. The van der Waals surface area contributed by atoms with Crippen LogP contribution in [0.5, 0.6) is 0 Å². The van der Waals surface area contributed by atoms with Gasteiger partial charge in [-0.3, -0.25) is 39.9 Å². The van der Waals surface area contributed by atoms with Crippen LogP contribution in [0.1, 0.15) is 22.3 Å². The number of nitro benzene ring substituents is 1. The van der Waals surface area contributed by atoms with E-state index in [1.807, 2.05) is 13.0 Å². The summed E-state index contributed by atoms with van der Waals surface area (Å²) in [5.74, 6) is -1.22. The number of amides is 2. The molecule has 0 radical (unpaired) electrons. The zero-order valence-corrected chi connectivity index (χ0v) is 15.4. The first-order valence-corrected chi connectivity index (χ1v) is 8.65. The molecule has 29 heavy (non-hydrogen) atoms. The van der Waals surface area contributed by atoms with E-state index < -0.39 is 16.7 Å². The molecule has 3 rings (SSSR count). The van der Waals surface area contributed by atoms with Crippen LogP contribution < -0.4 is 16.4 Å². The van der Waals surface area contributed by atoms with Crippen LogP contribution in [0, 0.1) is 17.0 Å². The summed E-state index contributed by atoms with van der Waals surface area (Å²) >= 11 is 0. The summed E-state index contributed by atoms with van der Waals surface area (Å²) in [4.78, 5) is 50.9. The monoisotopic (exact) mass is 395 g/mol. The Morgan fingerprint density at radius 1 is 1.17 bits per heavy atom. The van der Waals surface area contributed by atoms with Crippen molar-refractivity contribution < 1.29 is 14.5 Å². The number of rotatable bonds is 5. The first kappa shape index (κ1) is 19.7. The van der Waals surface area contributed by atoms with Crippen molar-refractivity contribution in [3.63, 3.8) is 0 Å². The fraction of sp³-hybridized carbons (Fsp3) is 0.158. The number of carbonyl (C=O) groups excluding carboxylic acids is 2. The smallest absolute Gasteiger partial charge is 0.270 e. The van der Waals surface area contributed by atoms with Gasteiger partial charge in [0.15, 0.2) is 0 Å². The summed E-state index contributed by atoms with van der Waals surface area (Å²) in [6.45, 7) is 1.94. The number of carbonyl (C=O) groups is 2. The molecule has 0 bridgehead atoms. The molecule has 10 nitrogen and oxygen atoms in total. The minimum absolute atomic E-state index is 0.0322. The van der Waals surface area contributed by atoms with Gasteiger partial charge in [0, 0.05) is 30.7 Å². The van der Waals surface area contributed by atoms with Crippen molar-refractivity contribution in [1.29, 1.82) is 0 Å². The zero-order valence-electron chi connectivity index (χ0n) is 15.4. The lowest BCUT2D eigenvalue weighted by Gasteiger charge is -2.09. The Hall–Kier alpha value is -4.08. The molecule has 2 amide bonds. The molecular weight excluding hydrogens is 378 g/mol. The Balaban J connectivity index is 1.59. The second-order valence-electron chi connectivity index (χ2n) is 6.27. The Morgan fingerprint density at radius 3 is 2.69 bits per heavy atom. The van der Waals surface area contributed by atoms with Gasteiger partial charge in [0.05, 0.1) is 22.2 Å². The summed E-state index contributed by atoms with van der Waals surface area (Å²) < 4.78 is 1.32. The lowest BCUT2D eigenvalue weighted by atomic mass is 10.1. The van der Waals surface area contributed by atoms with E-state index in [4.69, 9.17) is 0 Å². The number of nitrogens with zero attached hydrogens (tertiary/aromatic N) is 3. The Morgan fingerprint density at radius 2 is 1.93 bits per heavy atom. The predicted molar refractivity (Wildman–Crippen MR) is 104 cm³/mol. The molecule has 0 atom stereocenters. The number of benzene rings is 2. The molecule has 0 fully saturated rings. The van der Waals surface area contributed by atoms with E-state index in [2.05, 4.69) is 15.8 Å². The largest absolute Gasteiger partial charge is 0.298 e. The molecule has 0 aliphatic carbocycles. The highest BCUT2D eigenvalue weighted by molar-refractivity contribution is 5.95. The topological polar surface area (TPSA) is 136 Å². The van der Waals surface area contributed by atoms with Crippen molar-refractivity contribution in [3.05, 3.63) is 80.4 Å². The fourth-order valence-corrected chi connectivity index (χ4v) is 2.74. The maximum absolute atomic E-state index is 12.5. The number of para-hydroxylation sites is 1. The Kier molecular flexibility index (Phi) is 5.63. The number of fused-ring (bicyclic) bond motifs is 1. The second kappa shape index (κ2) is 8.30. The first-order chi connectivity index (χ1) is 13.9. The van der Waals surface area contributed by atoms with E-state index in [0.29, 0.717) is 10.9 Å². The lowest BCUT2D eigenvalue weighted by Crippen LogP contribution is -2.42. The van der Waals surface area contributed by atoms with Gasteiger partial charge in [-0.2, -0.15) is 0 Å². The number of aryl methyl sites for hydroxylation is 2. The molecule has 148 valence electrons. The van der Waals surface area contributed by atoms with Crippen LogP contribution in [0.2, 0.25) is 0 Å². The average molecular weight is 395 g/mol. The normalized spacial score (nSPS) is 10.5. The highest BCUT2D eigenvalue weighted by atomic mass is 16.6. The van der Waals surface area contributed by atoms with E-state index in [1.165, 1.54) is 29.1 Å². The summed E-state index contributed by atoms with van der Waals surface area (Å²) in [5, 5.41) is 11.2. The van der Waals surface area contributed by atoms with E-state index >= 15 is 0 Å². The number of hydrogen-bond acceptors (Lipinski definition) is 6. The van der Waals surface area contributed by atoms with Crippen molar-refractivity contribution in [2.45, 2.75) is 19.9 Å². The third kappa shape index (κ3) is 4.43. The Labute approximate surface area is 164 Å². The molecule has 0 aliphatic rings. The second-order valence-corrected chi connectivity index (χ2v) is 6.27. The molecule has 0 saturated carbocycles. The molecule has 10 heteroatoms. The number of non-ortho nitro benzene ring substituents is 1. The summed E-state index contributed by atoms with van der Waals surface area (Å²) in [6.07, 6.45) is 1.31. The zero-order chi connectivity index (χ0) is 21.0. The standard InChI is InChI=1S/C19H17N5O5/c1-12-4-2-7-15-17(12)20-11-23(19(15)27)9-8-16(25)21-22-18(26)13-5-3-6-14(10-13)24(28)29/h2-7,10-11H,8-9H2,1H3,(H,21,25)(H,22,26). The predicted octanol–water partition coefficient (Wildman–Crippen LogP) is 1.46. The third-order valence-corrected chi connectivity index (χ3v) is 4.27. The van der Waals surface area contributed by atoms with Crippen molar-refractivity contribution in [2.24, 2.45) is 0 Å². The molecule has 0 aliphatic heterocycles. The number of aromatic nitrogens is 2. The molecule has 0 unspecified atom stereocenters. The van der Waals surface area contributed by atoms with Crippen molar-refractivity contribution in [3.8, 4) is 0 Å². The van der Waals surface area contributed by atoms with Crippen LogP contribution >= 0.6 is 0 Å². The van der Waals surface area contributed by atoms with E-state index in [-0.39, 0.29) is 29.8 Å². The van der Waals surface area contributed by atoms with Crippen molar-refractivity contribution in [2.75, 3.05) is 0 Å².